The maximum absolute atomic E-state index is 12.5. The topological polar surface area (TPSA) is 86.9 Å². The zero-order chi connectivity index (χ0) is 21.1. The molecule has 0 spiro atoms. The standard InChI is InChI=1S/C22H23N3O5/c1-27-16-6-4-5-14(11-16)13-25-17(8-10-20(25)26)22-23-21(24-30-22)15-7-9-18(28-2)19(12-15)29-3/h4-7,9,11-12,17H,8,10,13H2,1-3H3. The van der Waals surface area contributed by atoms with E-state index in [-0.39, 0.29) is 11.9 Å². The fourth-order valence-electron chi connectivity index (χ4n) is 3.62. The average Bonchev–Trinajstić information content (AvgIpc) is 3.40. The van der Waals surface area contributed by atoms with Crippen molar-refractivity contribution >= 4 is 5.91 Å². The van der Waals surface area contributed by atoms with Crippen molar-refractivity contribution in [3.05, 3.63) is 53.9 Å². The number of carbonyl (C=O) groups is 1. The highest BCUT2D eigenvalue weighted by molar-refractivity contribution is 5.79. The van der Waals surface area contributed by atoms with E-state index < -0.39 is 0 Å². The normalized spacial score (nSPS) is 16.0. The van der Waals surface area contributed by atoms with Gasteiger partial charge in [-0.25, -0.2) is 0 Å². The molecule has 0 radical (unpaired) electrons. The van der Waals surface area contributed by atoms with Crippen LogP contribution in [0.25, 0.3) is 11.4 Å². The summed E-state index contributed by atoms with van der Waals surface area (Å²) < 4.78 is 21.4. The monoisotopic (exact) mass is 409 g/mol. The van der Waals surface area contributed by atoms with Crippen LogP contribution in [0.2, 0.25) is 0 Å². The van der Waals surface area contributed by atoms with Crippen molar-refractivity contribution in [1.29, 1.82) is 0 Å². The van der Waals surface area contributed by atoms with Crippen molar-refractivity contribution in [2.24, 2.45) is 0 Å². The highest BCUT2D eigenvalue weighted by atomic mass is 16.5. The third-order valence-electron chi connectivity index (χ3n) is 5.18. The molecule has 3 aromatic rings. The molecule has 2 heterocycles. The van der Waals surface area contributed by atoms with Crippen molar-refractivity contribution in [2.45, 2.75) is 25.4 Å². The van der Waals surface area contributed by atoms with Gasteiger partial charge in [-0.15, -0.1) is 0 Å². The van der Waals surface area contributed by atoms with Crippen LogP contribution in [0.5, 0.6) is 17.2 Å². The Balaban J connectivity index is 1.58. The quantitative estimate of drug-likeness (QED) is 0.589. The number of hydrogen-bond donors (Lipinski definition) is 0. The second-order valence-corrected chi connectivity index (χ2v) is 6.95. The van der Waals surface area contributed by atoms with Gasteiger partial charge in [0.2, 0.25) is 17.6 Å². The SMILES string of the molecule is COc1cccc(CN2C(=O)CCC2c2nc(-c3ccc(OC)c(OC)c3)no2)c1. The molecule has 2 aromatic carbocycles. The number of rotatable bonds is 7. The first-order valence-electron chi connectivity index (χ1n) is 9.61. The summed E-state index contributed by atoms with van der Waals surface area (Å²) in [6.07, 6.45) is 1.08. The first-order chi connectivity index (χ1) is 14.6. The molecule has 1 fully saturated rings. The van der Waals surface area contributed by atoms with Crippen LogP contribution in [0.3, 0.4) is 0 Å². The van der Waals surface area contributed by atoms with Gasteiger partial charge >= 0.3 is 0 Å². The highest BCUT2D eigenvalue weighted by Crippen LogP contribution is 2.36. The minimum atomic E-state index is -0.259. The lowest BCUT2D eigenvalue weighted by Crippen LogP contribution is -2.27. The van der Waals surface area contributed by atoms with Crippen molar-refractivity contribution < 1.29 is 23.5 Å². The van der Waals surface area contributed by atoms with Gasteiger partial charge in [-0.3, -0.25) is 4.79 Å². The zero-order valence-corrected chi connectivity index (χ0v) is 17.1. The molecule has 1 atom stereocenters. The first kappa shape index (κ1) is 19.8. The molecule has 4 rings (SSSR count). The Kier molecular flexibility index (Phi) is 5.56. The van der Waals surface area contributed by atoms with E-state index in [1.165, 1.54) is 0 Å². The molecule has 1 saturated heterocycles. The average molecular weight is 409 g/mol. The minimum Gasteiger partial charge on any atom is -0.497 e. The third kappa shape index (κ3) is 3.80. The molecular weight excluding hydrogens is 386 g/mol. The number of ether oxygens (including phenoxy) is 3. The summed E-state index contributed by atoms with van der Waals surface area (Å²) in [5.41, 5.74) is 1.72. The fourth-order valence-corrected chi connectivity index (χ4v) is 3.62. The number of likely N-dealkylation sites (tertiary alicyclic amines) is 1. The predicted octanol–water partition coefficient (Wildman–Crippen LogP) is 3.63. The van der Waals surface area contributed by atoms with E-state index in [1.807, 2.05) is 30.3 Å². The Hall–Kier alpha value is -3.55. The highest BCUT2D eigenvalue weighted by Gasteiger charge is 2.36. The van der Waals surface area contributed by atoms with Crippen LogP contribution >= 0.6 is 0 Å². The van der Waals surface area contributed by atoms with Gasteiger partial charge in [0.1, 0.15) is 11.8 Å². The maximum Gasteiger partial charge on any atom is 0.249 e. The van der Waals surface area contributed by atoms with Gasteiger partial charge in [0, 0.05) is 18.5 Å². The van der Waals surface area contributed by atoms with Crippen LogP contribution in [0.15, 0.2) is 47.0 Å². The molecule has 1 unspecified atom stereocenters. The minimum absolute atomic E-state index is 0.0636. The molecule has 8 heteroatoms. The summed E-state index contributed by atoms with van der Waals surface area (Å²) in [4.78, 5) is 18.9. The van der Waals surface area contributed by atoms with E-state index in [9.17, 15) is 4.79 Å². The number of carbonyl (C=O) groups excluding carboxylic acids is 1. The van der Waals surface area contributed by atoms with E-state index in [1.54, 1.807) is 38.4 Å². The summed E-state index contributed by atoms with van der Waals surface area (Å²) in [5, 5.41) is 4.12. The Bertz CT molecular complexity index is 1050. The van der Waals surface area contributed by atoms with E-state index in [4.69, 9.17) is 18.7 Å². The largest absolute Gasteiger partial charge is 0.497 e. The Morgan fingerprint density at radius 2 is 1.90 bits per heavy atom. The van der Waals surface area contributed by atoms with Gasteiger partial charge in [0.25, 0.3) is 0 Å². The van der Waals surface area contributed by atoms with Gasteiger partial charge in [-0.05, 0) is 42.3 Å². The van der Waals surface area contributed by atoms with Crippen LogP contribution in [0.4, 0.5) is 0 Å². The van der Waals surface area contributed by atoms with Gasteiger partial charge in [0.15, 0.2) is 11.5 Å². The molecule has 0 saturated carbocycles. The van der Waals surface area contributed by atoms with Crippen LogP contribution in [0.1, 0.15) is 30.3 Å². The molecule has 8 nitrogen and oxygen atoms in total. The summed E-state index contributed by atoms with van der Waals surface area (Å²) >= 11 is 0. The molecule has 1 aromatic heterocycles. The smallest absolute Gasteiger partial charge is 0.249 e. The Morgan fingerprint density at radius 3 is 2.67 bits per heavy atom. The molecule has 1 aliphatic heterocycles. The van der Waals surface area contributed by atoms with E-state index in [0.29, 0.717) is 42.6 Å². The lowest BCUT2D eigenvalue weighted by molar-refractivity contribution is -0.130. The van der Waals surface area contributed by atoms with Crippen molar-refractivity contribution in [2.75, 3.05) is 21.3 Å². The van der Waals surface area contributed by atoms with Gasteiger partial charge in [0.05, 0.1) is 21.3 Å². The van der Waals surface area contributed by atoms with Crippen molar-refractivity contribution in [3.63, 3.8) is 0 Å². The number of aromatic nitrogens is 2. The number of hydrogen-bond acceptors (Lipinski definition) is 7. The number of methoxy groups -OCH3 is 3. The van der Waals surface area contributed by atoms with E-state index >= 15 is 0 Å². The van der Waals surface area contributed by atoms with Gasteiger partial charge < -0.3 is 23.6 Å². The Morgan fingerprint density at radius 1 is 1.07 bits per heavy atom. The summed E-state index contributed by atoms with van der Waals surface area (Å²) in [6, 6.07) is 12.8. The third-order valence-corrected chi connectivity index (χ3v) is 5.18. The molecular formula is C22H23N3O5. The number of amides is 1. The summed E-state index contributed by atoms with van der Waals surface area (Å²) in [5.74, 6) is 2.88. The molecule has 0 bridgehead atoms. The predicted molar refractivity (Wildman–Crippen MR) is 108 cm³/mol. The second kappa shape index (κ2) is 8.44. The van der Waals surface area contributed by atoms with Gasteiger partial charge in [-0.2, -0.15) is 4.98 Å². The molecule has 30 heavy (non-hydrogen) atoms. The first-order valence-corrected chi connectivity index (χ1v) is 9.61. The maximum atomic E-state index is 12.5. The van der Waals surface area contributed by atoms with Gasteiger partial charge in [-0.1, -0.05) is 17.3 Å². The van der Waals surface area contributed by atoms with Crippen molar-refractivity contribution in [1.82, 2.24) is 15.0 Å². The zero-order valence-electron chi connectivity index (χ0n) is 17.1. The van der Waals surface area contributed by atoms with Crippen molar-refractivity contribution in [3.8, 4) is 28.6 Å². The van der Waals surface area contributed by atoms with Crippen LogP contribution in [-0.4, -0.2) is 42.3 Å². The molecule has 1 amide bonds. The lowest BCUT2D eigenvalue weighted by Gasteiger charge is -2.22. The number of benzene rings is 2. The fraction of sp³-hybridized carbons (Fsp3) is 0.318. The second-order valence-electron chi connectivity index (χ2n) is 6.95. The summed E-state index contributed by atoms with van der Waals surface area (Å²) in [6.45, 7) is 0.453. The van der Waals surface area contributed by atoms with Crippen LogP contribution in [-0.2, 0) is 11.3 Å². The number of nitrogens with zero attached hydrogens (tertiary/aromatic N) is 3. The van der Waals surface area contributed by atoms with Crippen LogP contribution < -0.4 is 14.2 Å². The Labute approximate surface area is 174 Å². The molecule has 0 aliphatic carbocycles. The lowest BCUT2D eigenvalue weighted by atomic mass is 10.1. The summed E-state index contributed by atoms with van der Waals surface area (Å²) in [7, 11) is 4.78. The van der Waals surface area contributed by atoms with E-state index in [2.05, 4.69) is 10.1 Å². The van der Waals surface area contributed by atoms with E-state index in [0.717, 1.165) is 16.9 Å². The molecule has 156 valence electrons. The molecule has 0 N–H and O–H groups in total. The van der Waals surface area contributed by atoms with Crippen LogP contribution in [0, 0.1) is 0 Å². The molecule has 1 aliphatic rings.